The highest BCUT2D eigenvalue weighted by Gasteiger charge is 2.47. The van der Waals surface area contributed by atoms with Crippen molar-refractivity contribution in [3.8, 4) is 5.75 Å². The second kappa shape index (κ2) is 8.81. The maximum atomic E-state index is 12.8. The number of nitrogens with zero attached hydrogens (tertiary/aromatic N) is 1. The number of hydrogen-bond acceptors (Lipinski definition) is 2. The molecule has 1 heterocycles. The molecule has 33 heavy (non-hydrogen) atoms. The Morgan fingerprint density at radius 2 is 1.55 bits per heavy atom. The van der Waals surface area contributed by atoms with Crippen LogP contribution >= 0.6 is 11.6 Å². The predicted molar refractivity (Wildman–Crippen MR) is 127 cm³/mol. The zero-order chi connectivity index (χ0) is 23.9. The predicted octanol–water partition coefficient (Wildman–Crippen LogP) is 7.74. The van der Waals surface area contributed by atoms with E-state index in [0.29, 0.717) is 12.4 Å². The summed E-state index contributed by atoms with van der Waals surface area (Å²) in [6, 6.07) is 13.3. The summed E-state index contributed by atoms with van der Waals surface area (Å²) in [4.78, 5) is 2.61. The van der Waals surface area contributed by atoms with Crippen LogP contribution in [0.25, 0.3) is 0 Å². The van der Waals surface area contributed by atoms with E-state index in [1.54, 1.807) is 0 Å². The van der Waals surface area contributed by atoms with Crippen LogP contribution in [0.4, 0.5) is 13.2 Å². The van der Waals surface area contributed by atoms with Crippen molar-refractivity contribution in [1.82, 2.24) is 4.90 Å². The van der Waals surface area contributed by atoms with E-state index in [4.69, 9.17) is 16.3 Å². The van der Waals surface area contributed by atoms with E-state index in [1.807, 2.05) is 12.1 Å². The van der Waals surface area contributed by atoms with Gasteiger partial charge in [-0.05, 0) is 81.5 Å². The van der Waals surface area contributed by atoms with Crippen LogP contribution in [0.1, 0.15) is 64.0 Å². The molecule has 1 saturated heterocycles. The molecular formula is C27H33ClF3NO. The molecule has 180 valence electrons. The molecule has 2 aromatic rings. The number of hydrogen-bond donors (Lipinski definition) is 0. The lowest BCUT2D eigenvalue weighted by molar-refractivity contribution is -0.137. The van der Waals surface area contributed by atoms with Crippen molar-refractivity contribution in [2.24, 2.45) is 5.41 Å². The summed E-state index contributed by atoms with van der Waals surface area (Å²) in [6.07, 6.45) is 1.34. The zero-order valence-corrected chi connectivity index (χ0v) is 20.4. The Kier molecular flexibility index (Phi) is 6.52. The second-order valence-electron chi connectivity index (χ2n) is 10.9. The van der Waals surface area contributed by atoms with Crippen molar-refractivity contribution >= 4 is 11.6 Å². The molecule has 1 aliphatic carbocycles. The van der Waals surface area contributed by atoms with Crippen LogP contribution in [0.5, 0.6) is 5.75 Å². The summed E-state index contributed by atoms with van der Waals surface area (Å²) >= 11 is 6.13. The van der Waals surface area contributed by atoms with Crippen LogP contribution in [0.15, 0.2) is 48.5 Å². The summed E-state index contributed by atoms with van der Waals surface area (Å²) in [5.41, 5.74) is 0.891. The minimum atomic E-state index is -4.33. The fourth-order valence-corrected chi connectivity index (χ4v) is 5.34. The van der Waals surface area contributed by atoms with Gasteiger partial charge in [0.1, 0.15) is 5.75 Å². The molecule has 0 amide bonds. The second-order valence-corrected chi connectivity index (χ2v) is 11.4. The Balaban J connectivity index is 1.45. The molecule has 1 atom stereocenters. The van der Waals surface area contributed by atoms with Crippen LogP contribution in [0.3, 0.4) is 0 Å². The van der Waals surface area contributed by atoms with Crippen LogP contribution in [0.2, 0.25) is 5.02 Å². The Morgan fingerprint density at radius 3 is 2.09 bits per heavy atom. The lowest BCUT2D eigenvalue weighted by atomic mass is 9.63. The summed E-state index contributed by atoms with van der Waals surface area (Å²) in [7, 11) is 0. The monoisotopic (exact) mass is 479 g/mol. The van der Waals surface area contributed by atoms with Crippen molar-refractivity contribution in [2.45, 2.75) is 70.0 Å². The molecule has 0 radical (unpaired) electrons. The first kappa shape index (κ1) is 24.4. The Hall–Kier alpha value is -1.72. The molecule has 0 unspecified atom stereocenters. The average Bonchev–Trinajstić information content (AvgIpc) is 2.73. The summed E-state index contributed by atoms with van der Waals surface area (Å²) in [6.45, 7) is 9.25. The highest BCUT2D eigenvalue weighted by Crippen LogP contribution is 2.48. The molecule has 6 heteroatoms. The Morgan fingerprint density at radius 1 is 0.909 bits per heavy atom. The number of halogens is 4. The molecule has 2 aromatic carbocycles. The Labute approximate surface area is 200 Å². The highest BCUT2D eigenvalue weighted by molar-refractivity contribution is 6.30. The van der Waals surface area contributed by atoms with Crippen molar-refractivity contribution in [3.63, 3.8) is 0 Å². The fraction of sp³-hybridized carbons (Fsp3) is 0.556. The zero-order valence-electron chi connectivity index (χ0n) is 19.6. The van der Waals surface area contributed by atoms with Gasteiger partial charge in [-0.1, -0.05) is 37.1 Å². The molecule has 1 saturated carbocycles. The minimum absolute atomic E-state index is 0.0663. The summed E-state index contributed by atoms with van der Waals surface area (Å²) in [5, 5.41) is 0.763. The fourth-order valence-electron chi connectivity index (χ4n) is 5.22. The lowest BCUT2D eigenvalue weighted by Crippen LogP contribution is -2.59. The largest absolute Gasteiger partial charge is 0.493 e. The first-order valence-electron chi connectivity index (χ1n) is 11.7. The van der Waals surface area contributed by atoms with E-state index >= 15 is 0 Å². The van der Waals surface area contributed by atoms with Crippen LogP contribution < -0.4 is 4.74 Å². The number of alkyl halides is 3. The van der Waals surface area contributed by atoms with Gasteiger partial charge in [0.25, 0.3) is 0 Å². The van der Waals surface area contributed by atoms with Crippen LogP contribution in [0, 0.1) is 5.41 Å². The molecular weight excluding hydrogens is 447 g/mol. The number of ether oxygens (including phenoxy) is 1. The number of likely N-dealkylation sites (tertiary alicyclic amines) is 1. The topological polar surface area (TPSA) is 12.5 Å². The van der Waals surface area contributed by atoms with E-state index in [9.17, 15) is 13.2 Å². The molecule has 0 aromatic heterocycles. The van der Waals surface area contributed by atoms with Crippen LogP contribution in [-0.2, 0) is 11.6 Å². The third-order valence-electron chi connectivity index (χ3n) is 7.80. The first-order chi connectivity index (χ1) is 15.4. The van der Waals surface area contributed by atoms with Crippen molar-refractivity contribution in [3.05, 3.63) is 64.7 Å². The van der Waals surface area contributed by atoms with Gasteiger partial charge in [0.05, 0.1) is 12.2 Å². The van der Waals surface area contributed by atoms with E-state index in [-0.39, 0.29) is 16.4 Å². The maximum absolute atomic E-state index is 12.8. The molecule has 2 fully saturated rings. The lowest BCUT2D eigenvalue weighted by Gasteiger charge is -2.55. The standard InChI is InChI=1S/C27H33ClF3NO/c1-24(2)15-16-25(3,19-33-23-11-7-21(8-12-23)27(29,30)31)17-32(24)18-26(13-4-14-26)20-5-9-22(28)10-6-20/h5-12H,4,13-19H2,1-3H3/t25-/m1/s1. The SMILES string of the molecule is CC1(C)CC[C@@](C)(COc2ccc(C(F)(F)F)cc2)CN1CC1(c2ccc(Cl)cc2)CCC1. The van der Waals surface area contributed by atoms with Gasteiger partial charge in [-0.15, -0.1) is 0 Å². The van der Waals surface area contributed by atoms with Gasteiger partial charge in [-0.2, -0.15) is 13.2 Å². The van der Waals surface area contributed by atoms with Crippen molar-refractivity contribution < 1.29 is 17.9 Å². The van der Waals surface area contributed by atoms with Crippen molar-refractivity contribution in [2.75, 3.05) is 19.7 Å². The normalized spacial score (nSPS) is 24.8. The van der Waals surface area contributed by atoms with Gasteiger partial charge in [0, 0.05) is 34.5 Å². The van der Waals surface area contributed by atoms with Gasteiger partial charge >= 0.3 is 6.18 Å². The van der Waals surface area contributed by atoms with E-state index in [0.717, 1.165) is 43.1 Å². The maximum Gasteiger partial charge on any atom is 0.416 e. The smallest absolute Gasteiger partial charge is 0.416 e. The first-order valence-corrected chi connectivity index (χ1v) is 12.1. The summed E-state index contributed by atoms with van der Waals surface area (Å²) in [5.74, 6) is 0.484. The van der Waals surface area contributed by atoms with E-state index in [2.05, 4.69) is 37.8 Å². The molecule has 2 nitrogen and oxygen atoms in total. The van der Waals surface area contributed by atoms with Gasteiger partial charge in [0.2, 0.25) is 0 Å². The average molecular weight is 480 g/mol. The number of rotatable bonds is 6. The molecule has 4 rings (SSSR count). The molecule has 2 aliphatic rings. The highest BCUT2D eigenvalue weighted by atomic mass is 35.5. The molecule has 0 N–H and O–H groups in total. The quantitative estimate of drug-likeness (QED) is 0.420. The Bertz CT molecular complexity index is 951. The molecule has 0 bridgehead atoms. The van der Waals surface area contributed by atoms with E-state index in [1.165, 1.54) is 37.0 Å². The number of benzene rings is 2. The molecule has 1 aliphatic heterocycles. The van der Waals surface area contributed by atoms with E-state index < -0.39 is 11.7 Å². The van der Waals surface area contributed by atoms with Gasteiger partial charge in [0.15, 0.2) is 0 Å². The third-order valence-corrected chi connectivity index (χ3v) is 8.05. The van der Waals surface area contributed by atoms with Crippen LogP contribution in [-0.4, -0.2) is 30.1 Å². The third kappa shape index (κ3) is 5.35. The van der Waals surface area contributed by atoms with Gasteiger partial charge in [-0.3, -0.25) is 4.90 Å². The molecule has 0 spiro atoms. The van der Waals surface area contributed by atoms with Gasteiger partial charge in [-0.25, -0.2) is 0 Å². The van der Waals surface area contributed by atoms with Crippen molar-refractivity contribution in [1.29, 1.82) is 0 Å². The van der Waals surface area contributed by atoms with Gasteiger partial charge < -0.3 is 4.74 Å². The number of piperidine rings is 1. The minimum Gasteiger partial charge on any atom is -0.493 e. The summed E-state index contributed by atoms with van der Waals surface area (Å²) < 4.78 is 44.5.